The average Bonchev–Trinajstić information content (AvgIpc) is 2.67. The standard InChI is InChI=1S/C18H18N4O4S/c1-12(13-5-9-16(10-6-13)22(24)25)11-19-21-18(27)20-15-7-3-14(4-8-15)17(23)26-2/h3-12H,1-2H3,(H2,20,21,27)/b19-11+. The number of methoxy groups -OCH3 is 1. The number of nitro benzene ring substituents is 1. The topological polar surface area (TPSA) is 106 Å². The van der Waals surface area contributed by atoms with Gasteiger partial charge in [0.15, 0.2) is 5.11 Å². The SMILES string of the molecule is COC(=O)c1ccc(NC(=S)N/N=C/C(C)c2ccc([N+](=O)[O-])cc2)cc1. The maximum atomic E-state index is 11.4. The van der Waals surface area contributed by atoms with E-state index in [1.165, 1.54) is 19.2 Å². The fraction of sp³-hybridized carbons (Fsp3) is 0.167. The Labute approximate surface area is 161 Å². The van der Waals surface area contributed by atoms with E-state index in [0.717, 1.165) is 5.56 Å². The lowest BCUT2D eigenvalue weighted by Crippen LogP contribution is -2.24. The first kappa shape index (κ1) is 20.0. The Bertz CT molecular complexity index is 851. The van der Waals surface area contributed by atoms with Gasteiger partial charge in [0.2, 0.25) is 0 Å². The van der Waals surface area contributed by atoms with Crippen LogP contribution in [0.5, 0.6) is 0 Å². The zero-order valence-corrected chi connectivity index (χ0v) is 15.5. The van der Waals surface area contributed by atoms with Gasteiger partial charge in [-0.3, -0.25) is 15.5 Å². The molecule has 0 aliphatic heterocycles. The second-order valence-electron chi connectivity index (χ2n) is 5.55. The molecule has 27 heavy (non-hydrogen) atoms. The van der Waals surface area contributed by atoms with Crippen molar-refractivity contribution >= 4 is 40.9 Å². The number of rotatable bonds is 6. The molecule has 1 atom stereocenters. The van der Waals surface area contributed by atoms with Crippen LogP contribution in [-0.2, 0) is 4.74 Å². The normalized spacial score (nSPS) is 11.6. The van der Waals surface area contributed by atoms with Crippen molar-refractivity contribution in [3.63, 3.8) is 0 Å². The van der Waals surface area contributed by atoms with Crippen LogP contribution in [0.15, 0.2) is 53.6 Å². The van der Waals surface area contributed by atoms with Gasteiger partial charge in [0.05, 0.1) is 17.6 Å². The zero-order chi connectivity index (χ0) is 19.8. The van der Waals surface area contributed by atoms with E-state index in [9.17, 15) is 14.9 Å². The number of nitro groups is 1. The predicted octanol–water partition coefficient (Wildman–Crippen LogP) is 3.46. The number of ether oxygens (including phenoxy) is 1. The molecule has 0 radical (unpaired) electrons. The molecule has 2 rings (SSSR count). The van der Waals surface area contributed by atoms with Gasteiger partial charge in [-0.1, -0.05) is 19.1 Å². The Balaban J connectivity index is 1.86. The Kier molecular flexibility index (Phi) is 6.95. The van der Waals surface area contributed by atoms with E-state index in [0.29, 0.717) is 11.3 Å². The van der Waals surface area contributed by atoms with Crippen LogP contribution < -0.4 is 10.7 Å². The largest absolute Gasteiger partial charge is 0.465 e. The van der Waals surface area contributed by atoms with Crippen molar-refractivity contribution in [2.24, 2.45) is 5.10 Å². The van der Waals surface area contributed by atoms with Gasteiger partial charge in [0.1, 0.15) is 0 Å². The molecule has 0 heterocycles. The minimum absolute atomic E-state index is 0.0459. The van der Waals surface area contributed by atoms with Gasteiger partial charge in [-0.25, -0.2) is 4.79 Å². The van der Waals surface area contributed by atoms with E-state index in [1.54, 1.807) is 42.6 Å². The molecule has 0 saturated carbocycles. The summed E-state index contributed by atoms with van der Waals surface area (Å²) in [5, 5.41) is 18.0. The number of nitrogens with one attached hydrogen (secondary N) is 2. The molecule has 0 aliphatic carbocycles. The summed E-state index contributed by atoms with van der Waals surface area (Å²) in [6, 6.07) is 12.9. The first-order valence-corrected chi connectivity index (χ1v) is 8.34. The highest BCUT2D eigenvalue weighted by Crippen LogP contribution is 2.17. The third-order valence-electron chi connectivity index (χ3n) is 3.66. The molecule has 2 aromatic rings. The van der Waals surface area contributed by atoms with Crippen LogP contribution in [-0.4, -0.2) is 29.3 Å². The van der Waals surface area contributed by atoms with E-state index in [4.69, 9.17) is 12.2 Å². The summed E-state index contributed by atoms with van der Waals surface area (Å²) < 4.78 is 4.64. The minimum Gasteiger partial charge on any atom is -0.465 e. The lowest BCUT2D eigenvalue weighted by Gasteiger charge is -2.09. The number of non-ortho nitro benzene ring substituents is 1. The molecule has 8 nitrogen and oxygen atoms in total. The van der Waals surface area contributed by atoms with Gasteiger partial charge in [-0.05, 0) is 42.0 Å². The first-order chi connectivity index (χ1) is 12.9. The molecule has 0 fully saturated rings. The third kappa shape index (κ3) is 5.86. The highest BCUT2D eigenvalue weighted by atomic mass is 32.1. The summed E-state index contributed by atoms with van der Waals surface area (Å²) in [7, 11) is 1.32. The van der Waals surface area contributed by atoms with E-state index >= 15 is 0 Å². The molecule has 1 unspecified atom stereocenters. The molecular weight excluding hydrogens is 368 g/mol. The molecular formula is C18H18N4O4S. The summed E-state index contributed by atoms with van der Waals surface area (Å²) in [6.45, 7) is 1.91. The lowest BCUT2D eigenvalue weighted by atomic mass is 10.0. The minimum atomic E-state index is -0.439. The number of carbonyl (C=O) groups is 1. The summed E-state index contributed by atoms with van der Waals surface area (Å²) in [5.74, 6) is -0.465. The molecule has 0 saturated heterocycles. The zero-order valence-electron chi connectivity index (χ0n) is 14.7. The number of benzene rings is 2. The van der Waals surface area contributed by atoms with Crippen LogP contribution in [0.2, 0.25) is 0 Å². The highest BCUT2D eigenvalue weighted by Gasteiger charge is 2.08. The molecule has 0 spiro atoms. The van der Waals surface area contributed by atoms with Gasteiger partial charge in [0, 0.05) is 30.0 Å². The van der Waals surface area contributed by atoms with Crippen LogP contribution in [0.3, 0.4) is 0 Å². The molecule has 0 aliphatic rings. The Morgan fingerprint density at radius 3 is 2.41 bits per heavy atom. The molecule has 2 aromatic carbocycles. The van der Waals surface area contributed by atoms with E-state index < -0.39 is 10.9 Å². The predicted molar refractivity (Wildman–Crippen MR) is 107 cm³/mol. The number of carbonyl (C=O) groups excluding carboxylic acids is 1. The van der Waals surface area contributed by atoms with Crippen LogP contribution >= 0.6 is 12.2 Å². The Hall–Kier alpha value is -3.33. The first-order valence-electron chi connectivity index (χ1n) is 7.93. The molecule has 0 bridgehead atoms. The number of thiocarbonyl (C=S) groups is 1. The third-order valence-corrected chi connectivity index (χ3v) is 3.85. The average molecular weight is 386 g/mol. The number of esters is 1. The number of nitrogens with zero attached hydrogens (tertiary/aromatic N) is 2. The Morgan fingerprint density at radius 1 is 1.22 bits per heavy atom. The van der Waals surface area contributed by atoms with Crippen molar-refractivity contribution in [2.45, 2.75) is 12.8 Å². The smallest absolute Gasteiger partial charge is 0.337 e. The van der Waals surface area contributed by atoms with E-state index in [2.05, 4.69) is 20.6 Å². The summed E-state index contributed by atoms with van der Waals surface area (Å²) in [6.07, 6.45) is 1.65. The molecule has 0 aromatic heterocycles. The van der Waals surface area contributed by atoms with Crippen LogP contribution in [0, 0.1) is 10.1 Å². The lowest BCUT2D eigenvalue weighted by molar-refractivity contribution is -0.384. The number of hydrazone groups is 1. The maximum Gasteiger partial charge on any atom is 0.337 e. The highest BCUT2D eigenvalue weighted by molar-refractivity contribution is 7.80. The maximum absolute atomic E-state index is 11.4. The molecule has 9 heteroatoms. The van der Waals surface area contributed by atoms with Crippen molar-refractivity contribution in [2.75, 3.05) is 12.4 Å². The quantitative estimate of drug-likeness (QED) is 0.257. The van der Waals surface area contributed by atoms with Gasteiger partial charge in [0.25, 0.3) is 5.69 Å². The number of anilines is 1. The second-order valence-corrected chi connectivity index (χ2v) is 5.96. The summed E-state index contributed by atoms with van der Waals surface area (Å²) in [5.41, 5.74) is 4.77. The van der Waals surface area contributed by atoms with Crippen molar-refractivity contribution < 1.29 is 14.5 Å². The summed E-state index contributed by atoms with van der Waals surface area (Å²) >= 11 is 5.16. The number of hydrogen-bond donors (Lipinski definition) is 2. The van der Waals surface area contributed by atoms with Crippen molar-refractivity contribution in [1.82, 2.24) is 5.43 Å². The van der Waals surface area contributed by atoms with Crippen molar-refractivity contribution in [1.29, 1.82) is 0 Å². The van der Waals surface area contributed by atoms with Gasteiger partial charge in [-0.2, -0.15) is 5.10 Å². The molecule has 140 valence electrons. The number of hydrogen-bond acceptors (Lipinski definition) is 6. The van der Waals surface area contributed by atoms with Crippen LogP contribution in [0.1, 0.15) is 28.8 Å². The van der Waals surface area contributed by atoms with Gasteiger partial charge < -0.3 is 10.1 Å². The fourth-order valence-electron chi connectivity index (χ4n) is 2.16. The van der Waals surface area contributed by atoms with Crippen LogP contribution in [0.25, 0.3) is 0 Å². The van der Waals surface area contributed by atoms with Gasteiger partial charge >= 0.3 is 5.97 Å². The van der Waals surface area contributed by atoms with Crippen LogP contribution in [0.4, 0.5) is 11.4 Å². The van der Waals surface area contributed by atoms with E-state index in [1.807, 2.05) is 6.92 Å². The fourth-order valence-corrected chi connectivity index (χ4v) is 2.33. The molecule has 0 amide bonds. The monoisotopic (exact) mass is 386 g/mol. The van der Waals surface area contributed by atoms with Crippen molar-refractivity contribution in [3.05, 3.63) is 69.8 Å². The van der Waals surface area contributed by atoms with Crippen molar-refractivity contribution in [3.8, 4) is 0 Å². The molecule has 2 N–H and O–H groups in total. The Morgan fingerprint density at radius 2 is 1.85 bits per heavy atom. The van der Waals surface area contributed by atoms with Gasteiger partial charge in [-0.15, -0.1) is 0 Å². The van der Waals surface area contributed by atoms with E-state index in [-0.39, 0.29) is 16.7 Å². The summed E-state index contributed by atoms with van der Waals surface area (Å²) in [4.78, 5) is 21.6. The second kappa shape index (κ2) is 9.39.